The molecule has 0 aliphatic heterocycles. The number of hydrogen-bond acceptors (Lipinski definition) is 4. The van der Waals surface area contributed by atoms with Crippen LogP contribution in [0.2, 0.25) is 0 Å². The molecule has 0 radical (unpaired) electrons. The molecule has 116 valence electrons. The predicted octanol–water partition coefficient (Wildman–Crippen LogP) is 1.53. The van der Waals surface area contributed by atoms with Crippen LogP contribution in [-0.2, 0) is 11.2 Å². The number of ether oxygens (including phenoxy) is 2. The third kappa shape index (κ3) is 6.31. The second kappa shape index (κ2) is 9.83. The van der Waals surface area contributed by atoms with E-state index in [0.29, 0.717) is 18.0 Å². The van der Waals surface area contributed by atoms with Crippen molar-refractivity contribution in [3.63, 3.8) is 0 Å². The number of benzene rings is 1. The topological polar surface area (TPSA) is 59.6 Å². The Labute approximate surface area is 126 Å². The lowest BCUT2D eigenvalue weighted by Gasteiger charge is -2.12. The first-order chi connectivity index (χ1) is 10.2. The van der Waals surface area contributed by atoms with Crippen LogP contribution in [0.5, 0.6) is 11.5 Å². The molecule has 0 saturated carbocycles. The van der Waals surface area contributed by atoms with Crippen LogP contribution in [0, 0.1) is 0 Å². The maximum absolute atomic E-state index is 11.6. The lowest BCUT2D eigenvalue weighted by molar-refractivity contribution is -0.123. The van der Waals surface area contributed by atoms with Crippen LogP contribution in [-0.4, -0.2) is 39.8 Å². The van der Waals surface area contributed by atoms with E-state index in [2.05, 4.69) is 17.2 Å². The fourth-order valence-corrected chi connectivity index (χ4v) is 1.81. The van der Waals surface area contributed by atoms with Gasteiger partial charge in [0.15, 0.2) is 18.1 Å². The quantitative estimate of drug-likeness (QED) is 0.507. The van der Waals surface area contributed by atoms with Crippen LogP contribution in [0.25, 0.3) is 0 Å². The first-order valence-electron chi connectivity index (χ1n) is 7.03. The van der Waals surface area contributed by atoms with Gasteiger partial charge in [0.25, 0.3) is 5.91 Å². The molecule has 0 aromatic heterocycles. The first kappa shape index (κ1) is 17.0. The van der Waals surface area contributed by atoms with Crippen molar-refractivity contribution in [1.82, 2.24) is 10.6 Å². The highest BCUT2D eigenvalue weighted by atomic mass is 16.5. The van der Waals surface area contributed by atoms with Crippen molar-refractivity contribution in [2.45, 2.75) is 12.8 Å². The molecule has 1 rings (SSSR count). The third-order valence-corrected chi connectivity index (χ3v) is 2.89. The van der Waals surface area contributed by atoms with E-state index < -0.39 is 0 Å². The van der Waals surface area contributed by atoms with E-state index in [0.717, 1.165) is 24.9 Å². The summed E-state index contributed by atoms with van der Waals surface area (Å²) in [7, 11) is 3.46. The summed E-state index contributed by atoms with van der Waals surface area (Å²) in [5.41, 5.74) is 1.09. The van der Waals surface area contributed by atoms with E-state index >= 15 is 0 Å². The highest BCUT2D eigenvalue weighted by Crippen LogP contribution is 2.28. The molecule has 0 bridgehead atoms. The normalized spacial score (nSPS) is 10.0. The number of methoxy groups -OCH3 is 1. The summed E-state index contributed by atoms with van der Waals surface area (Å²) in [6.07, 6.45) is 3.48. The zero-order chi connectivity index (χ0) is 15.5. The van der Waals surface area contributed by atoms with Crippen LogP contribution in [0.15, 0.2) is 30.9 Å². The van der Waals surface area contributed by atoms with E-state index in [1.807, 2.05) is 31.3 Å². The third-order valence-electron chi connectivity index (χ3n) is 2.89. The Kier molecular flexibility index (Phi) is 7.97. The summed E-state index contributed by atoms with van der Waals surface area (Å²) in [5.74, 6) is 1.05. The van der Waals surface area contributed by atoms with Gasteiger partial charge in [-0.3, -0.25) is 4.79 Å². The Morgan fingerprint density at radius 1 is 1.33 bits per heavy atom. The maximum Gasteiger partial charge on any atom is 0.257 e. The number of hydrogen-bond donors (Lipinski definition) is 2. The SMILES string of the molecule is C=CCc1ccc(OCC(=O)NCCCNC)c(OC)c1. The first-order valence-corrected chi connectivity index (χ1v) is 7.03. The van der Waals surface area contributed by atoms with Crippen LogP contribution < -0.4 is 20.1 Å². The molecule has 0 atom stereocenters. The molecule has 0 unspecified atom stereocenters. The highest BCUT2D eigenvalue weighted by molar-refractivity contribution is 5.77. The fourth-order valence-electron chi connectivity index (χ4n) is 1.81. The summed E-state index contributed by atoms with van der Waals surface area (Å²) in [4.78, 5) is 11.6. The molecular formula is C16H24N2O3. The molecule has 5 heteroatoms. The monoisotopic (exact) mass is 292 g/mol. The molecular weight excluding hydrogens is 268 g/mol. The zero-order valence-electron chi connectivity index (χ0n) is 12.8. The van der Waals surface area contributed by atoms with Gasteiger partial charge >= 0.3 is 0 Å². The average Bonchev–Trinajstić information content (AvgIpc) is 2.50. The number of carbonyl (C=O) groups is 1. The van der Waals surface area contributed by atoms with Gasteiger partial charge < -0.3 is 20.1 Å². The minimum atomic E-state index is -0.136. The van der Waals surface area contributed by atoms with Crippen LogP contribution in [0.3, 0.4) is 0 Å². The number of allylic oxidation sites excluding steroid dienone is 1. The van der Waals surface area contributed by atoms with Crippen LogP contribution in [0.1, 0.15) is 12.0 Å². The van der Waals surface area contributed by atoms with Crippen molar-refractivity contribution < 1.29 is 14.3 Å². The van der Waals surface area contributed by atoms with Gasteiger partial charge in [-0.2, -0.15) is 0 Å². The lowest BCUT2D eigenvalue weighted by atomic mass is 10.1. The molecule has 0 fully saturated rings. The summed E-state index contributed by atoms with van der Waals surface area (Å²) in [6.45, 7) is 5.20. The van der Waals surface area contributed by atoms with E-state index in [1.165, 1.54) is 0 Å². The highest BCUT2D eigenvalue weighted by Gasteiger charge is 2.08. The molecule has 2 N–H and O–H groups in total. The van der Waals surface area contributed by atoms with E-state index in [-0.39, 0.29) is 12.5 Å². The van der Waals surface area contributed by atoms with Crippen molar-refractivity contribution >= 4 is 5.91 Å². The molecule has 0 spiro atoms. The molecule has 1 amide bonds. The van der Waals surface area contributed by atoms with Gasteiger partial charge in [-0.1, -0.05) is 12.1 Å². The van der Waals surface area contributed by atoms with Crippen molar-refractivity contribution in [2.24, 2.45) is 0 Å². The van der Waals surface area contributed by atoms with E-state index in [1.54, 1.807) is 7.11 Å². The van der Waals surface area contributed by atoms with Crippen molar-refractivity contribution in [2.75, 3.05) is 33.9 Å². The van der Waals surface area contributed by atoms with E-state index in [9.17, 15) is 4.79 Å². The van der Waals surface area contributed by atoms with Crippen molar-refractivity contribution in [3.05, 3.63) is 36.4 Å². The van der Waals surface area contributed by atoms with Gasteiger partial charge in [0, 0.05) is 6.54 Å². The number of amides is 1. The second-order valence-corrected chi connectivity index (χ2v) is 4.57. The number of carbonyl (C=O) groups excluding carboxylic acids is 1. The van der Waals surface area contributed by atoms with E-state index in [4.69, 9.17) is 9.47 Å². The summed E-state index contributed by atoms with van der Waals surface area (Å²) in [5, 5.41) is 5.82. The Bertz CT molecular complexity index is 461. The van der Waals surface area contributed by atoms with Crippen LogP contribution in [0.4, 0.5) is 0 Å². The van der Waals surface area contributed by atoms with Gasteiger partial charge in [-0.25, -0.2) is 0 Å². The van der Waals surface area contributed by atoms with Crippen molar-refractivity contribution in [3.8, 4) is 11.5 Å². The predicted molar refractivity (Wildman–Crippen MR) is 83.9 cm³/mol. The fraction of sp³-hybridized carbons (Fsp3) is 0.438. The zero-order valence-corrected chi connectivity index (χ0v) is 12.8. The molecule has 0 saturated heterocycles. The number of rotatable bonds is 10. The number of nitrogens with one attached hydrogen (secondary N) is 2. The largest absolute Gasteiger partial charge is 0.493 e. The van der Waals surface area contributed by atoms with Gasteiger partial charge in [0.1, 0.15) is 0 Å². The molecule has 0 heterocycles. The van der Waals surface area contributed by atoms with Crippen molar-refractivity contribution in [1.29, 1.82) is 0 Å². The summed E-state index contributed by atoms with van der Waals surface area (Å²) >= 11 is 0. The van der Waals surface area contributed by atoms with Gasteiger partial charge in [0.05, 0.1) is 7.11 Å². The standard InChI is InChI=1S/C16H24N2O3/c1-4-6-13-7-8-14(15(11-13)20-3)21-12-16(19)18-10-5-9-17-2/h4,7-8,11,17H,1,5-6,9-10,12H2,2-3H3,(H,18,19). The minimum absolute atomic E-state index is 0.0171. The molecule has 1 aromatic carbocycles. The Morgan fingerprint density at radius 3 is 2.81 bits per heavy atom. The Morgan fingerprint density at radius 2 is 2.14 bits per heavy atom. The van der Waals surface area contributed by atoms with Gasteiger partial charge in [-0.05, 0) is 44.1 Å². The van der Waals surface area contributed by atoms with Gasteiger partial charge in [0.2, 0.25) is 0 Å². The lowest BCUT2D eigenvalue weighted by Crippen LogP contribution is -2.31. The maximum atomic E-state index is 11.6. The molecule has 1 aromatic rings. The minimum Gasteiger partial charge on any atom is -0.493 e. The molecule has 21 heavy (non-hydrogen) atoms. The van der Waals surface area contributed by atoms with Gasteiger partial charge in [-0.15, -0.1) is 6.58 Å². The molecule has 5 nitrogen and oxygen atoms in total. The Balaban J connectivity index is 2.46. The second-order valence-electron chi connectivity index (χ2n) is 4.57. The Hall–Kier alpha value is -2.01. The summed E-state index contributed by atoms with van der Waals surface area (Å²) in [6, 6.07) is 5.64. The molecule has 0 aliphatic carbocycles. The molecule has 0 aliphatic rings. The smallest absolute Gasteiger partial charge is 0.257 e. The summed E-state index contributed by atoms with van der Waals surface area (Å²) < 4.78 is 10.8. The van der Waals surface area contributed by atoms with Crippen LogP contribution >= 0.6 is 0 Å². The average molecular weight is 292 g/mol.